The number of para-hydroxylation sites is 2. The van der Waals surface area contributed by atoms with Gasteiger partial charge in [-0.05, 0) is 45.4 Å². The monoisotopic (exact) mass is 470 g/mol. The van der Waals surface area contributed by atoms with Gasteiger partial charge in [0.25, 0.3) is 7.11 Å². The molecule has 35 heavy (non-hydrogen) atoms. The summed E-state index contributed by atoms with van der Waals surface area (Å²) in [6.07, 6.45) is 3.82. The van der Waals surface area contributed by atoms with Crippen LogP contribution in [-0.4, -0.2) is 47.5 Å². The summed E-state index contributed by atoms with van der Waals surface area (Å²) in [5.41, 5.74) is 8.22. The lowest BCUT2D eigenvalue weighted by molar-refractivity contribution is -0.433. The number of ketones is 1. The minimum absolute atomic E-state index is 0.131. The van der Waals surface area contributed by atoms with Crippen molar-refractivity contribution in [2.75, 3.05) is 25.1 Å². The number of hydrogen-bond acceptors (Lipinski definition) is 2. The van der Waals surface area contributed by atoms with Crippen molar-refractivity contribution in [3.63, 3.8) is 0 Å². The van der Waals surface area contributed by atoms with Crippen molar-refractivity contribution < 1.29 is 14.1 Å². The highest BCUT2D eigenvalue weighted by atomic mass is 16.4. The summed E-state index contributed by atoms with van der Waals surface area (Å²) in [5.74, 6) is 0.703. The van der Waals surface area contributed by atoms with Gasteiger partial charge in [0.2, 0.25) is 5.69 Å². The standard InChI is InChI=1S/C31H38N2O2/c1-8-32-24-16-12-10-14-22(24)30(3,4)26(32)18-20-28(34)21(29(20)35-7)19-27-31(5,6)23-15-11-13-17-25(23)33(27)9-2/h10-20,28,34H,8-9H2,1-7H3/q+2. The summed E-state index contributed by atoms with van der Waals surface area (Å²) >= 11 is 0. The number of aliphatic hydroxyl groups is 1. The van der Waals surface area contributed by atoms with Crippen LogP contribution in [0, 0.1) is 5.92 Å². The van der Waals surface area contributed by atoms with Crippen LogP contribution in [0.15, 0.2) is 72.0 Å². The number of nitrogens with zero attached hydrogens (tertiary/aromatic N) is 2. The van der Waals surface area contributed by atoms with Crippen LogP contribution in [0.25, 0.3) is 0 Å². The zero-order valence-electron chi connectivity index (χ0n) is 22.1. The normalized spacial score (nSPS) is 27.5. The number of likely N-dealkylation sites (N-methyl/N-ethyl adjacent to an activating group) is 1. The van der Waals surface area contributed by atoms with E-state index in [0.717, 1.165) is 24.4 Å². The van der Waals surface area contributed by atoms with Crippen LogP contribution in [0.2, 0.25) is 0 Å². The van der Waals surface area contributed by atoms with E-state index < -0.39 is 6.10 Å². The van der Waals surface area contributed by atoms with Crippen molar-refractivity contribution in [2.45, 2.75) is 58.5 Å². The van der Waals surface area contributed by atoms with E-state index >= 15 is 0 Å². The Kier molecular flexibility index (Phi) is 5.63. The van der Waals surface area contributed by atoms with Crippen molar-refractivity contribution in [3.05, 3.63) is 83.1 Å². The lowest BCUT2D eigenvalue weighted by atomic mass is 9.71. The molecule has 0 aromatic heterocycles. The Balaban J connectivity index is 1.54. The second-order valence-electron chi connectivity index (χ2n) is 10.8. The molecule has 2 aromatic rings. The number of fused-ring (bicyclic) bond motifs is 2. The minimum Gasteiger partial charge on any atom is -0.387 e. The molecule has 4 heteroatoms. The van der Waals surface area contributed by atoms with Gasteiger partial charge in [0.05, 0.1) is 11.0 Å². The average Bonchev–Trinajstić information content (AvgIpc) is 3.21. The molecule has 2 atom stereocenters. The quantitative estimate of drug-likeness (QED) is 0.367. The second-order valence-corrected chi connectivity index (χ2v) is 10.8. The molecule has 2 aliphatic heterocycles. The molecule has 0 saturated heterocycles. The van der Waals surface area contributed by atoms with E-state index in [4.69, 9.17) is 4.42 Å². The molecule has 1 N–H and O–H groups in total. The first-order valence-corrected chi connectivity index (χ1v) is 12.8. The Morgan fingerprint density at radius 2 is 1.63 bits per heavy atom. The van der Waals surface area contributed by atoms with Gasteiger partial charge in [-0.15, -0.1) is 0 Å². The fourth-order valence-corrected chi connectivity index (χ4v) is 6.40. The smallest absolute Gasteiger partial charge is 0.335 e. The van der Waals surface area contributed by atoms with Gasteiger partial charge in [-0.25, -0.2) is 0 Å². The van der Waals surface area contributed by atoms with Crippen LogP contribution in [0.1, 0.15) is 52.7 Å². The van der Waals surface area contributed by atoms with Gasteiger partial charge in [0.1, 0.15) is 18.6 Å². The first-order valence-electron chi connectivity index (χ1n) is 12.8. The molecule has 1 saturated carbocycles. The van der Waals surface area contributed by atoms with E-state index in [0.29, 0.717) is 0 Å². The molecule has 2 heterocycles. The molecule has 3 aliphatic rings. The van der Waals surface area contributed by atoms with Crippen molar-refractivity contribution in [1.29, 1.82) is 0 Å². The number of rotatable bonds is 4. The summed E-state index contributed by atoms with van der Waals surface area (Å²) in [6, 6.07) is 17.2. The number of anilines is 1. The summed E-state index contributed by atoms with van der Waals surface area (Å²) in [5, 5.41) is 11.4. The Bertz CT molecular complexity index is 1310. The van der Waals surface area contributed by atoms with Gasteiger partial charge in [0, 0.05) is 41.1 Å². The molecule has 2 unspecified atom stereocenters. The number of benzene rings is 2. The van der Waals surface area contributed by atoms with Gasteiger partial charge in [-0.3, -0.25) is 4.42 Å². The maximum Gasteiger partial charge on any atom is 0.335 e. The number of aliphatic hydroxyl groups excluding tert-OH is 1. The summed E-state index contributed by atoms with van der Waals surface area (Å²) in [6.45, 7) is 15.2. The fraction of sp³-hybridized carbons (Fsp3) is 0.419. The Morgan fingerprint density at radius 3 is 2.29 bits per heavy atom. The Hall–Kier alpha value is -2.98. The lowest BCUT2D eigenvalue weighted by Crippen LogP contribution is -2.47. The van der Waals surface area contributed by atoms with Crippen LogP contribution < -0.4 is 4.90 Å². The maximum absolute atomic E-state index is 11.4. The number of carbonyl (C=O) groups excluding carboxylic acids is 1. The van der Waals surface area contributed by atoms with E-state index in [-0.39, 0.29) is 16.7 Å². The molecule has 182 valence electrons. The van der Waals surface area contributed by atoms with Gasteiger partial charge < -0.3 is 10.0 Å². The van der Waals surface area contributed by atoms with Gasteiger partial charge in [-0.2, -0.15) is 4.58 Å². The van der Waals surface area contributed by atoms with Crippen LogP contribution in [0.3, 0.4) is 0 Å². The van der Waals surface area contributed by atoms with Crippen LogP contribution >= 0.6 is 0 Å². The molecule has 1 aliphatic carbocycles. The zero-order valence-corrected chi connectivity index (χ0v) is 22.1. The molecule has 0 spiro atoms. The molecule has 0 radical (unpaired) electrons. The van der Waals surface area contributed by atoms with Crippen LogP contribution in [-0.2, 0) is 15.3 Å². The molecular formula is C31H38N2O2+2. The highest BCUT2D eigenvalue weighted by Gasteiger charge is 2.54. The van der Waals surface area contributed by atoms with Crippen LogP contribution in [0.4, 0.5) is 11.4 Å². The Morgan fingerprint density at radius 1 is 0.971 bits per heavy atom. The third kappa shape index (κ3) is 3.30. The van der Waals surface area contributed by atoms with E-state index in [1.807, 2.05) is 0 Å². The van der Waals surface area contributed by atoms with Gasteiger partial charge >= 0.3 is 5.78 Å². The SMILES string of the molecule is CCN1C(=CC2C(=[O+]C)C(=CC3=[N+](CC)c4ccccc4C3(C)C)C2O)C(C)(C)c2ccccc21. The highest BCUT2D eigenvalue weighted by molar-refractivity contribution is 6.14. The van der Waals surface area contributed by atoms with Gasteiger partial charge in [-0.1, -0.05) is 50.2 Å². The summed E-state index contributed by atoms with van der Waals surface area (Å²) in [7, 11) is 1.73. The molecule has 0 bridgehead atoms. The minimum atomic E-state index is -0.596. The van der Waals surface area contributed by atoms with Gasteiger partial charge in [0.15, 0.2) is 5.71 Å². The van der Waals surface area contributed by atoms with E-state index in [1.165, 1.54) is 33.9 Å². The largest absolute Gasteiger partial charge is 0.387 e. The number of allylic oxidation sites excluding steroid dienone is 2. The van der Waals surface area contributed by atoms with Crippen molar-refractivity contribution >= 4 is 22.9 Å². The van der Waals surface area contributed by atoms with Crippen LogP contribution in [0.5, 0.6) is 0 Å². The molecule has 4 nitrogen and oxygen atoms in total. The average molecular weight is 471 g/mol. The first-order chi connectivity index (χ1) is 16.7. The molecular weight excluding hydrogens is 432 g/mol. The van der Waals surface area contributed by atoms with Crippen molar-refractivity contribution in [3.8, 4) is 0 Å². The topological polar surface area (TPSA) is 37.8 Å². The first kappa shape index (κ1) is 23.7. The van der Waals surface area contributed by atoms with E-state index in [2.05, 4.69) is 112 Å². The fourth-order valence-electron chi connectivity index (χ4n) is 6.40. The van der Waals surface area contributed by atoms with E-state index in [1.54, 1.807) is 7.11 Å². The summed E-state index contributed by atoms with van der Waals surface area (Å²) < 4.78 is 8.29. The van der Waals surface area contributed by atoms with E-state index in [9.17, 15) is 5.11 Å². The van der Waals surface area contributed by atoms with Crippen molar-refractivity contribution in [1.82, 2.24) is 0 Å². The van der Waals surface area contributed by atoms with Crippen molar-refractivity contribution in [2.24, 2.45) is 5.92 Å². The lowest BCUT2D eigenvalue weighted by Gasteiger charge is -2.32. The summed E-state index contributed by atoms with van der Waals surface area (Å²) in [4.78, 5) is 2.38. The third-order valence-corrected chi connectivity index (χ3v) is 8.33. The Labute approximate surface area is 209 Å². The molecule has 1 fully saturated rings. The third-order valence-electron chi connectivity index (χ3n) is 8.33. The highest BCUT2D eigenvalue weighted by Crippen LogP contribution is 2.49. The molecule has 5 rings (SSSR count). The molecule has 2 aromatic carbocycles. The maximum atomic E-state index is 11.4. The zero-order chi connectivity index (χ0) is 25.1. The number of hydrogen-bond donors (Lipinski definition) is 1. The molecule has 0 amide bonds. The predicted octanol–water partition coefficient (Wildman–Crippen LogP) is 5.44. The predicted molar refractivity (Wildman–Crippen MR) is 144 cm³/mol. The second kappa shape index (κ2) is 8.30.